The Morgan fingerprint density at radius 2 is 1.88 bits per heavy atom. The first-order chi connectivity index (χ1) is 15.6. The molecule has 0 spiro atoms. The van der Waals surface area contributed by atoms with Crippen molar-refractivity contribution in [3.63, 3.8) is 0 Å². The molecule has 3 heterocycles. The highest BCUT2D eigenvalue weighted by atomic mass is 16.3. The third-order valence-corrected chi connectivity index (χ3v) is 5.63. The molecule has 7 heteroatoms. The third kappa shape index (κ3) is 4.73. The average molecular weight is 431 g/mol. The van der Waals surface area contributed by atoms with Crippen LogP contribution in [0.5, 0.6) is 0 Å². The SMILES string of the molecule is CC[C@H](CO)Nc1nc(NCc2ccc(-c3cccnc3)cc2)c2[nH]cc(C(C)C)c2n1. The van der Waals surface area contributed by atoms with Crippen LogP contribution in [0.3, 0.4) is 0 Å². The van der Waals surface area contributed by atoms with Gasteiger partial charge in [0.15, 0.2) is 5.82 Å². The number of rotatable bonds is 9. The van der Waals surface area contributed by atoms with Gasteiger partial charge in [-0.25, -0.2) is 4.98 Å². The van der Waals surface area contributed by atoms with Crippen LogP contribution in [0.15, 0.2) is 55.0 Å². The predicted molar refractivity (Wildman–Crippen MR) is 130 cm³/mol. The van der Waals surface area contributed by atoms with E-state index in [9.17, 15) is 5.11 Å². The molecule has 0 saturated carbocycles. The van der Waals surface area contributed by atoms with Crippen molar-refractivity contribution in [2.24, 2.45) is 0 Å². The highest BCUT2D eigenvalue weighted by Gasteiger charge is 2.16. The number of benzene rings is 1. The fraction of sp³-hybridized carbons (Fsp3) is 0.320. The number of hydrogen-bond acceptors (Lipinski definition) is 6. The summed E-state index contributed by atoms with van der Waals surface area (Å²) in [5, 5.41) is 16.3. The number of fused-ring (bicyclic) bond motifs is 1. The summed E-state index contributed by atoms with van der Waals surface area (Å²) in [4.78, 5) is 17.0. The van der Waals surface area contributed by atoms with Crippen LogP contribution in [-0.4, -0.2) is 37.7 Å². The molecule has 0 aliphatic heterocycles. The Bertz CT molecular complexity index is 1150. The molecule has 0 radical (unpaired) electrons. The molecule has 3 aromatic heterocycles. The van der Waals surface area contributed by atoms with E-state index in [0.29, 0.717) is 18.4 Å². The van der Waals surface area contributed by atoms with Crippen molar-refractivity contribution in [1.82, 2.24) is 19.9 Å². The van der Waals surface area contributed by atoms with E-state index < -0.39 is 0 Å². The van der Waals surface area contributed by atoms with Crippen LogP contribution in [0.4, 0.5) is 11.8 Å². The number of pyridine rings is 1. The second-order valence-corrected chi connectivity index (χ2v) is 8.24. The molecule has 4 aromatic rings. The normalized spacial score (nSPS) is 12.3. The van der Waals surface area contributed by atoms with Crippen molar-refractivity contribution in [3.8, 4) is 11.1 Å². The average Bonchev–Trinajstić information content (AvgIpc) is 3.26. The Morgan fingerprint density at radius 1 is 1.06 bits per heavy atom. The minimum absolute atomic E-state index is 0.0358. The van der Waals surface area contributed by atoms with E-state index in [1.807, 2.05) is 25.4 Å². The van der Waals surface area contributed by atoms with Crippen molar-refractivity contribution in [2.45, 2.75) is 45.7 Å². The second kappa shape index (κ2) is 9.78. The second-order valence-electron chi connectivity index (χ2n) is 8.24. The molecule has 1 atom stereocenters. The molecule has 0 fully saturated rings. The Morgan fingerprint density at radius 3 is 2.53 bits per heavy atom. The highest BCUT2D eigenvalue weighted by Crippen LogP contribution is 2.29. The van der Waals surface area contributed by atoms with Gasteiger partial charge in [0.05, 0.1) is 18.2 Å². The van der Waals surface area contributed by atoms with Gasteiger partial charge < -0.3 is 20.7 Å². The number of aromatic amines is 1. The quantitative estimate of drug-likeness (QED) is 0.300. The first-order valence-electron chi connectivity index (χ1n) is 11.1. The van der Waals surface area contributed by atoms with Gasteiger partial charge >= 0.3 is 0 Å². The number of aliphatic hydroxyl groups is 1. The summed E-state index contributed by atoms with van der Waals surface area (Å²) in [5.74, 6) is 1.60. The molecule has 0 aliphatic rings. The maximum absolute atomic E-state index is 9.59. The van der Waals surface area contributed by atoms with Crippen LogP contribution in [0.1, 0.15) is 44.2 Å². The summed E-state index contributed by atoms with van der Waals surface area (Å²) < 4.78 is 0. The standard InChI is InChI=1S/C25H30N6O/c1-4-20(15-32)29-25-30-22-21(16(2)3)14-27-23(22)24(31-25)28-12-17-7-9-18(10-8-17)19-6-5-11-26-13-19/h5-11,13-14,16,20,27,32H,4,12,15H2,1-3H3,(H2,28,29,30,31)/t20-/m1/s1. The van der Waals surface area contributed by atoms with Crippen molar-refractivity contribution < 1.29 is 5.11 Å². The van der Waals surface area contributed by atoms with Gasteiger partial charge in [-0.05, 0) is 40.7 Å². The van der Waals surface area contributed by atoms with Gasteiger partial charge in [0.25, 0.3) is 0 Å². The highest BCUT2D eigenvalue weighted by molar-refractivity contribution is 5.89. The Balaban J connectivity index is 1.58. The van der Waals surface area contributed by atoms with Crippen LogP contribution in [0.2, 0.25) is 0 Å². The summed E-state index contributed by atoms with van der Waals surface area (Å²) >= 11 is 0. The van der Waals surface area contributed by atoms with E-state index in [1.54, 1.807) is 6.20 Å². The topological polar surface area (TPSA) is 98.7 Å². The summed E-state index contributed by atoms with van der Waals surface area (Å²) in [5.41, 5.74) is 6.33. The van der Waals surface area contributed by atoms with E-state index in [0.717, 1.165) is 45.5 Å². The number of aromatic nitrogens is 4. The lowest BCUT2D eigenvalue weighted by Crippen LogP contribution is -2.24. The van der Waals surface area contributed by atoms with Crippen molar-refractivity contribution in [3.05, 3.63) is 66.1 Å². The van der Waals surface area contributed by atoms with Gasteiger partial charge in [-0.15, -0.1) is 0 Å². The molecule has 0 saturated heterocycles. The number of aliphatic hydroxyl groups excluding tert-OH is 1. The van der Waals surface area contributed by atoms with Crippen LogP contribution in [-0.2, 0) is 6.54 Å². The molecule has 0 aliphatic carbocycles. The lowest BCUT2D eigenvalue weighted by Gasteiger charge is -2.16. The lowest BCUT2D eigenvalue weighted by atomic mass is 10.1. The molecular weight excluding hydrogens is 400 g/mol. The number of nitrogens with one attached hydrogen (secondary N) is 3. The molecule has 1 aromatic carbocycles. The Hall–Kier alpha value is -3.45. The Labute approximate surface area is 188 Å². The summed E-state index contributed by atoms with van der Waals surface area (Å²) in [6, 6.07) is 12.4. The molecular formula is C25H30N6O. The molecule has 7 nitrogen and oxygen atoms in total. The molecule has 0 unspecified atom stereocenters. The van der Waals surface area contributed by atoms with Gasteiger partial charge in [0.1, 0.15) is 5.52 Å². The maximum atomic E-state index is 9.59. The van der Waals surface area contributed by atoms with E-state index in [-0.39, 0.29) is 12.6 Å². The van der Waals surface area contributed by atoms with Gasteiger partial charge in [0, 0.05) is 25.1 Å². The summed E-state index contributed by atoms with van der Waals surface area (Å²) in [6.07, 6.45) is 6.44. The molecule has 0 amide bonds. The fourth-order valence-electron chi connectivity index (χ4n) is 3.65. The zero-order chi connectivity index (χ0) is 22.5. The molecule has 0 bridgehead atoms. The third-order valence-electron chi connectivity index (χ3n) is 5.63. The van der Waals surface area contributed by atoms with E-state index in [4.69, 9.17) is 9.97 Å². The minimum atomic E-state index is -0.0817. The van der Waals surface area contributed by atoms with Crippen LogP contribution >= 0.6 is 0 Å². The maximum Gasteiger partial charge on any atom is 0.225 e. The Kier molecular flexibility index (Phi) is 6.66. The van der Waals surface area contributed by atoms with Gasteiger partial charge in [-0.1, -0.05) is 51.1 Å². The number of nitrogens with zero attached hydrogens (tertiary/aromatic N) is 3. The number of H-pyrrole nitrogens is 1. The van der Waals surface area contributed by atoms with Crippen molar-refractivity contribution in [2.75, 3.05) is 17.2 Å². The zero-order valence-corrected chi connectivity index (χ0v) is 18.8. The summed E-state index contributed by atoms with van der Waals surface area (Å²) in [6.45, 7) is 6.99. The first kappa shape index (κ1) is 21.8. The fourth-order valence-corrected chi connectivity index (χ4v) is 3.65. The number of hydrogen-bond donors (Lipinski definition) is 4. The van der Waals surface area contributed by atoms with Crippen LogP contribution in [0, 0.1) is 0 Å². The number of anilines is 2. The van der Waals surface area contributed by atoms with Gasteiger partial charge in [0.2, 0.25) is 5.95 Å². The van der Waals surface area contributed by atoms with Crippen molar-refractivity contribution >= 4 is 22.8 Å². The van der Waals surface area contributed by atoms with E-state index in [2.05, 4.69) is 64.8 Å². The minimum Gasteiger partial charge on any atom is -0.394 e. The van der Waals surface area contributed by atoms with E-state index >= 15 is 0 Å². The van der Waals surface area contributed by atoms with Crippen molar-refractivity contribution in [1.29, 1.82) is 0 Å². The van der Waals surface area contributed by atoms with E-state index in [1.165, 1.54) is 0 Å². The monoisotopic (exact) mass is 430 g/mol. The van der Waals surface area contributed by atoms with Crippen LogP contribution in [0.25, 0.3) is 22.2 Å². The summed E-state index contributed by atoms with van der Waals surface area (Å²) in [7, 11) is 0. The van der Waals surface area contributed by atoms with Gasteiger partial charge in [-0.3, -0.25) is 4.98 Å². The first-order valence-corrected chi connectivity index (χ1v) is 11.1. The molecule has 4 N–H and O–H groups in total. The molecule has 32 heavy (non-hydrogen) atoms. The lowest BCUT2D eigenvalue weighted by molar-refractivity contribution is 0.271. The largest absolute Gasteiger partial charge is 0.394 e. The van der Waals surface area contributed by atoms with Crippen LogP contribution < -0.4 is 10.6 Å². The molecule has 166 valence electrons. The molecule has 4 rings (SSSR count). The predicted octanol–water partition coefficient (Wildman–Crippen LogP) is 4.94. The zero-order valence-electron chi connectivity index (χ0n) is 18.8. The smallest absolute Gasteiger partial charge is 0.225 e. The van der Waals surface area contributed by atoms with Gasteiger partial charge in [-0.2, -0.15) is 4.98 Å².